The van der Waals surface area contributed by atoms with E-state index in [-0.39, 0.29) is 5.91 Å². The number of nitrogens with one attached hydrogen (secondary N) is 2. The number of anilines is 1. The molecule has 0 aliphatic heterocycles. The molecule has 20 heavy (non-hydrogen) atoms. The number of amides is 2. The maximum atomic E-state index is 11.9. The van der Waals surface area contributed by atoms with Gasteiger partial charge in [-0.25, -0.2) is 9.78 Å². The van der Waals surface area contributed by atoms with Gasteiger partial charge in [-0.15, -0.1) is 0 Å². The number of carbonyl (C=O) groups excluding carboxylic acids is 2. The van der Waals surface area contributed by atoms with Gasteiger partial charge < -0.3 is 15.4 Å². The van der Waals surface area contributed by atoms with Gasteiger partial charge in [-0.2, -0.15) is 0 Å². The van der Waals surface area contributed by atoms with Crippen LogP contribution < -0.4 is 10.6 Å². The average molecular weight is 344 g/mol. The van der Waals surface area contributed by atoms with Crippen LogP contribution in [0.15, 0.2) is 22.8 Å². The Kier molecular flexibility index (Phi) is 5.50. The minimum absolute atomic E-state index is 0.370. The number of halogens is 1. The van der Waals surface area contributed by atoms with E-state index < -0.39 is 17.7 Å². The number of nitrogens with zero attached hydrogens (tertiary/aromatic N) is 1. The fraction of sp³-hybridized carbons (Fsp3) is 0.462. The summed E-state index contributed by atoms with van der Waals surface area (Å²) in [6.07, 6.45) is 0.936. The molecule has 0 radical (unpaired) electrons. The van der Waals surface area contributed by atoms with Crippen LogP contribution in [-0.2, 0) is 9.53 Å². The smallest absolute Gasteiger partial charge is 0.408 e. The minimum atomic E-state index is -0.727. The molecule has 2 N–H and O–H groups in total. The van der Waals surface area contributed by atoms with Crippen LogP contribution in [0.3, 0.4) is 0 Å². The highest BCUT2D eigenvalue weighted by Gasteiger charge is 2.21. The van der Waals surface area contributed by atoms with Gasteiger partial charge in [-0.1, -0.05) is 0 Å². The van der Waals surface area contributed by atoms with Crippen LogP contribution in [0, 0.1) is 0 Å². The Bertz CT molecular complexity index is 483. The van der Waals surface area contributed by atoms with Crippen LogP contribution in [0.25, 0.3) is 0 Å². The maximum absolute atomic E-state index is 11.9. The molecule has 0 aromatic carbocycles. The first kappa shape index (κ1) is 16.4. The number of hydrogen-bond acceptors (Lipinski definition) is 4. The quantitative estimate of drug-likeness (QED) is 0.884. The van der Waals surface area contributed by atoms with Crippen LogP contribution in [0.4, 0.5) is 10.6 Å². The van der Waals surface area contributed by atoms with Crippen molar-refractivity contribution in [2.75, 3.05) is 5.32 Å². The van der Waals surface area contributed by atoms with Crippen molar-refractivity contribution in [1.82, 2.24) is 10.3 Å². The van der Waals surface area contributed by atoms with Crippen molar-refractivity contribution in [3.8, 4) is 0 Å². The Morgan fingerprint density at radius 2 is 2.00 bits per heavy atom. The topological polar surface area (TPSA) is 80.3 Å². The van der Waals surface area contributed by atoms with Crippen molar-refractivity contribution in [3.63, 3.8) is 0 Å². The molecular formula is C13H18BrN3O3. The lowest BCUT2D eigenvalue weighted by Gasteiger charge is -2.21. The van der Waals surface area contributed by atoms with Crippen molar-refractivity contribution >= 4 is 33.7 Å². The molecule has 0 spiro atoms. The molecule has 1 aromatic heterocycles. The van der Waals surface area contributed by atoms with Crippen LogP contribution in [-0.4, -0.2) is 28.6 Å². The zero-order valence-electron chi connectivity index (χ0n) is 11.9. The standard InChI is InChI=1S/C13H18BrN3O3/c1-8(16-12(19)20-13(2,3)4)11(18)17-10-6-5-9(14)7-15-10/h5-8H,1-4H3,(H,16,19)(H,15,17,18)/t8-/m0/s1. The van der Waals surface area contributed by atoms with Gasteiger partial charge in [-0.05, 0) is 55.8 Å². The van der Waals surface area contributed by atoms with E-state index >= 15 is 0 Å². The highest BCUT2D eigenvalue weighted by molar-refractivity contribution is 9.10. The number of aromatic nitrogens is 1. The summed E-state index contributed by atoms with van der Waals surface area (Å²) >= 11 is 3.25. The normalized spacial score (nSPS) is 12.4. The Labute approximate surface area is 126 Å². The van der Waals surface area contributed by atoms with Crippen molar-refractivity contribution in [1.29, 1.82) is 0 Å². The average Bonchev–Trinajstić information content (AvgIpc) is 2.29. The summed E-state index contributed by atoms with van der Waals surface area (Å²) in [7, 11) is 0. The van der Waals surface area contributed by atoms with E-state index in [1.807, 2.05) is 0 Å². The first-order valence-electron chi connectivity index (χ1n) is 6.09. The third-order valence-electron chi connectivity index (χ3n) is 2.11. The highest BCUT2D eigenvalue weighted by atomic mass is 79.9. The molecule has 110 valence electrons. The highest BCUT2D eigenvalue weighted by Crippen LogP contribution is 2.11. The van der Waals surface area contributed by atoms with Crippen molar-refractivity contribution in [2.45, 2.75) is 39.3 Å². The van der Waals surface area contributed by atoms with E-state index in [1.54, 1.807) is 46.0 Å². The van der Waals surface area contributed by atoms with Crippen LogP contribution >= 0.6 is 15.9 Å². The lowest BCUT2D eigenvalue weighted by atomic mass is 10.2. The summed E-state index contributed by atoms with van der Waals surface area (Å²) in [6.45, 7) is 6.83. The van der Waals surface area contributed by atoms with E-state index in [9.17, 15) is 9.59 Å². The van der Waals surface area contributed by atoms with Gasteiger partial charge in [0.1, 0.15) is 17.5 Å². The molecule has 1 rings (SSSR count). The molecule has 0 saturated carbocycles. The molecule has 0 bridgehead atoms. The molecule has 6 nitrogen and oxygen atoms in total. The second-order valence-electron chi connectivity index (χ2n) is 5.22. The van der Waals surface area contributed by atoms with Crippen molar-refractivity contribution in [2.24, 2.45) is 0 Å². The van der Waals surface area contributed by atoms with Gasteiger partial charge in [0.15, 0.2) is 0 Å². The van der Waals surface area contributed by atoms with E-state index in [0.717, 1.165) is 4.47 Å². The summed E-state index contributed by atoms with van der Waals surface area (Å²) in [4.78, 5) is 27.4. The summed E-state index contributed by atoms with van der Waals surface area (Å²) in [5.41, 5.74) is -0.604. The fourth-order valence-corrected chi connectivity index (χ4v) is 1.47. The summed E-state index contributed by atoms with van der Waals surface area (Å²) in [5, 5.41) is 5.05. The van der Waals surface area contributed by atoms with Gasteiger partial charge >= 0.3 is 6.09 Å². The van der Waals surface area contributed by atoms with E-state index in [1.165, 1.54) is 0 Å². The maximum Gasteiger partial charge on any atom is 0.408 e. The number of pyridine rings is 1. The third kappa shape index (κ3) is 6.01. The van der Waals surface area contributed by atoms with Gasteiger partial charge in [-0.3, -0.25) is 4.79 Å². The molecule has 7 heteroatoms. The molecular weight excluding hydrogens is 326 g/mol. The predicted molar refractivity (Wildman–Crippen MR) is 79.4 cm³/mol. The predicted octanol–water partition coefficient (Wildman–Crippen LogP) is 2.70. The van der Waals surface area contributed by atoms with Crippen molar-refractivity contribution < 1.29 is 14.3 Å². The summed E-state index contributed by atoms with van der Waals surface area (Å²) in [6, 6.07) is 2.69. The lowest BCUT2D eigenvalue weighted by Crippen LogP contribution is -2.44. The van der Waals surface area contributed by atoms with Gasteiger partial charge in [0.05, 0.1) is 0 Å². The molecule has 2 amide bonds. The molecule has 0 aliphatic carbocycles. The number of hydrogen-bond donors (Lipinski definition) is 2. The van der Waals surface area contributed by atoms with E-state index in [4.69, 9.17) is 4.74 Å². The SMILES string of the molecule is C[C@H](NC(=O)OC(C)(C)C)C(=O)Nc1ccc(Br)cn1. The van der Waals surface area contributed by atoms with Gasteiger partial charge in [0, 0.05) is 10.7 Å². The number of ether oxygens (including phenoxy) is 1. The zero-order valence-corrected chi connectivity index (χ0v) is 13.4. The minimum Gasteiger partial charge on any atom is -0.444 e. The van der Waals surface area contributed by atoms with Gasteiger partial charge in [0.25, 0.3) is 0 Å². The Morgan fingerprint density at radius 3 is 2.50 bits per heavy atom. The molecule has 1 aromatic rings. The first-order valence-corrected chi connectivity index (χ1v) is 6.88. The van der Waals surface area contributed by atoms with E-state index in [0.29, 0.717) is 5.82 Å². The summed E-state index contributed by atoms with van der Waals surface area (Å²) in [5.74, 6) is 0.0433. The largest absolute Gasteiger partial charge is 0.444 e. The van der Waals surface area contributed by atoms with E-state index in [2.05, 4.69) is 31.5 Å². The second-order valence-corrected chi connectivity index (χ2v) is 6.13. The Morgan fingerprint density at radius 1 is 1.35 bits per heavy atom. The molecule has 0 unspecified atom stereocenters. The van der Waals surface area contributed by atoms with Crippen LogP contribution in [0.1, 0.15) is 27.7 Å². The second kappa shape index (κ2) is 6.69. The molecule has 1 atom stereocenters. The lowest BCUT2D eigenvalue weighted by molar-refractivity contribution is -0.117. The summed E-state index contributed by atoms with van der Waals surface area (Å²) < 4.78 is 5.89. The Hall–Kier alpha value is -1.63. The number of rotatable bonds is 3. The molecule has 0 aliphatic rings. The monoisotopic (exact) mass is 343 g/mol. The third-order valence-corrected chi connectivity index (χ3v) is 2.57. The van der Waals surface area contributed by atoms with Crippen LogP contribution in [0.5, 0.6) is 0 Å². The van der Waals surface area contributed by atoms with Gasteiger partial charge in [0.2, 0.25) is 5.91 Å². The van der Waals surface area contributed by atoms with Crippen molar-refractivity contribution in [3.05, 3.63) is 22.8 Å². The number of carbonyl (C=O) groups is 2. The fourth-order valence-electron chi connectivity index (χ4n) is 1.23. The molecule has 0 saturated heterocycles. The van der Waals surface area contributed by atoms with Crippen LogP contribution in [0.2, 0.25) is 0 Å². The molecule has 1 heterocycles. The zero-order chi connectivity index (χ0) is 15.3. The molecule has 0 fully saturated rings. The number of alkyl carbamates (subject to hydrolysis) is 1. The first-order chi connectivity index (χ1) is 9.17. The Balaban J connectivity index is 2.51.